The molecule has 0 saturated heterocycles. The first kappa shape index (κ1) is 12.4. The van der Waals surface area contributed by atoms with Crippen LogP contribution in [0.3, 0.4) is 0 Å². The maximum absolute atomic E-state index is 6.09. The molecule has 0 fully saturated rings. The average Bonchev–Trinajstić information content (AvgIpc) is 2.53. The van der Waals surface area contributed by atoms with Crippen molar-refractivity contribution in [2.75, 3.05) is 7.05 Å². The Balaban J connectivity index is 2.61. The summed E-state index contributed by atoms with van der Waals surface area (Å²) in [7, 11) is 2.00. The molecule has 0 saturated carbocycles. The van der Waals surface area contributed by atoms with Gasteiger partial charge in [-0.05, 0) is 37.4 Å². The van der Waals surface area contributed by atoms with Crippen LogP contribution < -0.4 is 10.1 Å². The minimum atomic E-state index is 0.125. The van der Waals surface area contributed by atoms with Gasteiger partial charge in [0, 0.05) is 5.56 Å². The zero-order valence-electron chi connectivity index (χ0n) is 11.7. The molecule has 1 aliphatic heterocycles. The third-order valence-corrected chi connectivity index (χ3v) is 3.62. The molecule has 2 nitrogen and oxygen atoms in total. The Morgan fingerprint density at radius 1 is 1.24 bits per heavy atom. The van der Waals surface area contributed by atoms with Gasteiger partial charge in [-0.25, -0.2) is 0 Å². The fourth-order valence-corrected chi connectivity index (χ4v) is 2.67. The van der Waals surface area contributed by atoms with Crippen molar-refractivity contribution in [3.63, 3.8) is 0 Å². The standard InChI is InChI=1S/C15H23NO/c1-9-7-8-11(15(3,4)5)14-12(9)13(16-6)10(2)17-14/h7-8,10,13,16H,1-6H3. The van der Waals surface area contributed by atoms with Crippen LogP contribution in [0.1, 0.15) is 50.4 Å². The Hall–Kier alpha value is -1.02. The van der Waals surface area contributed by atoms with Crippen LogP contribution in [0.4, 0.5) is 0 Å². The summed E-state index contributed by atoms with van der Waals surface area (Å²) in [6.07, 6.45) is 0.206. The Labute approximate surface area is 104 Å². The molecule has 1 aromatic rings. The summed E-state index contributed by atoms with van der Waals surface area (Å²) in [6, 6.07) is 4.73. The topological polar surface area (TPSA) is 21.3 Å². The molecule has 0 aromatic heterocycles. The first-order chi connectivity index (χ1) is 7.86. The van der Waals surface area contributed by atoms with Gasteiger partial charge in [0.25, 0.3) is 0 Å². The number of hydrogen-bond acceptors (Lipinski definition) is 2. The van der Waals surface area contributed by atoms with Gasteiger partial charge in [-0.2, -0.15) is 0 Å². The molecule has 1 N–H and O–H groups in total. The van der Waals surface area contributed by atoms with Crippen molar-refractivity contribution in [2.45, 2.75) is 52.2 Å². The molecule has 0 amide bonds. The number of aryl methyl sites for hydroxylation is 1. The van der Waals surface area contributed by atoms with Gasteiger partial charge in [-0.3, -0.25) is 0 Å². The summed E-state index contributed by atoms with van der Waals surface area (Å²) in [4.78, 5) is 0. The third-order valence-electron chi connectivity index (χ3n) is 3.62. The van der Waals surface area contributed by atoms with Gasteiger partial charge in [-0.1, -0.05) is 32.9 Å². The summed E-state index contributed by atoms with van der Waals surface area (Å²) in [5.41, 5.74) is 4.09. The lowest BCUT2D eigenvalue weighted by molar-refractivity contribution is 0.211. The van der Waals surface area contributed by atoms with Crippen molar-refractivity contribution in [1.29, 1.82) is 0 Å². The molecule has 1 aliphatic rings. The van der Waals surface area contributed by atoms with Crippen LogP contribution in [0.15, 0.2) is 12.1 Å². The van der Waals surface area contributed by atoms with Gasteiger partial charge >= 0.3 is 0 Å². The Morgan fingerprint density at radius 3 is 2.41 bits per heavy atom. The van der Waals surface area contributed by atoms with Gasteiger partial charge in [0.1, 0.15) is 11.9 Å². The third kappa shape index (κ3) is 1.95. The van der Waals surface area contributed by atoms with Crippen LogP contribution in [0, 0.1) is 6.92 Å². The van der Waals surface area contributed by atoms with E-state index in [0.717, 1.165) is 5.75 Å². The largest absolute Gasteiger partial charge is 0.488 e. The van der Waals surface area contributed by atoms with Crippen LogP contribution in [-0.2, 0) is 5.41 Å². The van der Waals surface area contributed by atoms with Crippen LogP contribution in [0.2, 0.25) is 0 Å². The molecule has 1 heterocycles. The molecule has 1 aromatic carbocycles. The molecule has 0 bridgehead atoms. The number of benzene rings is 1. The van der Waals surface area contributed by atoms with Crippen molar-refractivity contribution in [2.24, 2.45) is 0 Å². The van der Waals surface area contributed by atoms with E-state index >= 15 is 0 Å². The molecule has 2 heteroatoms. The van der Waals surface area contributed by atoms with E-state index in [2.05, 4.69) is 52.1 Å². The highest BCUT2D eigenvalue weighted by molar-refractivity contribution is 5.53. The van der Waals surface area contributed by atoms with Crippen molar-refractivity contribution in [1.82, 2.24) is 5.32 Å². The molecule has 0 radical (unpaired) electrons. The van der Waals surface area contributed by atoms with E-state index in [9.17, 15) is 0 Å². The number of likely N-dealkylation sites (N-methyl/N-ethyl adjacent to an activating group) is 1. The van der Waals surface area contributed by atoms with Crippen molar-refractivity contribution in [3.05, 3.63) is 28.8 Å². The summed E-state index contributed by atoms with van der Waals surface area (Å²) in [5.74, 6) is 1.10. The molecule has 2 atom stereocenters. The lowest BCUT2D eigenvalue weighted by Gasteiger charge is -2.22. The second-order valence-corrected chi connectivity index (χ2v) is 6.01. The van der Waals surface area contributed by atoms with E-state index in [1.807, 2.05) is 7.05 Å². The van der Waals surface area contributed by atoms with E-state index in [1.54, 1.807) is 0 Å². The van der Waals surface area contributed by atoms with Crippen LogP contribution in [0.25, 0.3) is 0 Å². The monoisotopic (exact) mass is 233 g/mol. The van der Waals surface area contributed by atoms with Crippen molar-refractivity contribution >= 4 is 0 Å². The van der Waals surface area contributed by atoms with Gasteiger partial charge in [-0.15, -0.1) is 0 Å². The Kier molecular flexibility index (Phi) is 2.94. The number of fused-ring (bicyclic) bond motifs is 1. The SMILES string of the molecule is CNC1c2c(C)ccc(C(C)(C)C)c2OC1C. The normalized spacial score (nSPS) is 23.4. The van der Waals surface area contributed by atoms with Gasteiger partial charge in [0.15, 0.2) is 0 Å². The minimum absolute atomic E-state index is 0.125. The quantitative estimate of drug-likeness (QED) is 0.803. The van der Waals surface area contributed by atoms with Gasteiger partial charge < -0.3 is 10.1 Å². The maximum Gasteiger partial charge on any atom is 0.128 e. The highest BCUT2D eigenvalue weighted by Gasteiger charge is 2.35. The number of hydrogen-bond donors (Lipinski definition) is 1. The summed E-state index contributed by atoms with van der Waals surface area (Å²) in [5, 5.41) is 3.36. The highest BCUT2D eigenvalue weighted by atomic mass is 16.5. The molecule has 0 aliphatic carbocycles. The summed E-state index contributed by atoms with van der Waals surface area (Å²) in [6.45, 7) is 11.0. The van der Waals surface area contributed by atoms with E-state index in [1.165, 1.54) is 16.7 Å². The number of ether oxygens (including phenoxy) is 1. The Bertz CT molecular complexity index is 431. The minimum Gasteiger partial charge on any atom is -0.488 e. The molecule has 0 spiro atoms. The molecular formula is C15H23NO. The first-order valence-corrected chi connectivity index (χ1v) is 6.34. The summed E-state index contributed by atoms with van der Waals surface area (Å²) >= 11 is 0. The van der Waals surface area contributed by atoms with Crippen LogP contribution in [0.5, 0.6) is 5.75 Å². The fourth-order valence-electron chi connectivity index (χ4n) is 2.67. The van der Waals surface area contributed by atoms with E-state index in [-0.39, 0.29) is 11.5 Å². The van der Waals surface area contributed by atoms with E-state index in [4.69, 9.17) is 4.74 Å². The maximum atomic E-state index is 6.09. The van der Waals surface area contributed by atoms with Gasteiger partial charge in [0.2, 0.25) is 0 Å². The fraction of sp³-hybridized carbons (Fsp3) is 0.600. The molecule has 17 heavy (non-hydrogen) atoms. The first-order valence-electron chi connectivity index (χ1n) is 6.34. The smallest absolute Gasteiger partial charge is 0.128 e. The molecule has 2 unspecified atom stereocenters. The van der Waals surface area contributed by atoms with Crippen molar-refractivity contribution < 1.29 is 4.74 Å². The van der Waals surface area contributed by atoms with E-state index in [0.29, 0.717) is 6.04 Å². The van der Waals surface area contributed by atoms with E-state index < -0.39 is 0 Å². The Morgan fingerprint density at radius 2 is 1.88 bits per heavy atom. The predicted octanol–water partition coefficient (Wildman–Crippen LogP) is 3.33. The summed E-state index contributed by atoms with van der Waals surface area (Å²) < 4.78 is 6.09. The van der Waals surface area contributed by atoms with Gasteiger partial charge in [0.05, 0.1) is 6.04 Å². The molecular weight excluding hydrogens is 210 g/mol. The van der Waals surface area contributed by atoms with Crippen molar-refractivity contribution in [3.8, 4) is 5.75 Å². The molecule has 94 valence electrons. The van der Waals surface area contributed by atoms with Crippen LogP contribution >= 0.6 is 0 Å². The zero-order chi connectivity index (χ0) is 12.8. The lowest BCUT2D eigenvalue weighted by Crippen LogP contribution is -2.25. The predicted molar refractivity (Wildman–Crippen MR) is 71.8 cm³/mol. The second kappa shape index (κ2) is 4.02. The second-order valence-electron chi connectivity index (χ2n) is 6.01. The zero-order valence-corrected chi connectivity index (χ0v) is 11.7. The average molecular weight is 233 g/mol. The lowest BCUT2D eigenvalue weighted by atomic mass is 9.83. The van der Waals surface area contributed by atoms with Crippen LogP contribution in [-0.4, -0.2) is 13.2 Å². The number of nitrogens with one attached hydrogen (secondary N) is 1. The molecule has 2 rings (SSSR count). The highest BCUT2D eigenvalue weighted by Crippen LogP contribution is 2.44. The number of rotatable bonds is 1.